The molecule has 3 heterocycles. The van der Waals surface area contributed by atoms with Crippen LogP contribution in [0.15, 0.2) is 71.3 Å². The number of fused-ring (bicyclic) bond motifs is 2. The predicted molar refractivity (Wildman–Crippen MR) is 230 cm³/mol. The summed E-state index contributed by atoms with van der Waals surface area (Å²) in [6.07, 6.45) is -5.15. The number of benzene rings is 3. The Hall–Kier alpha value is -4.82. The Kier molecular flexibility index (Phi) is 17.3. The minimum atomic E-state index is -1.52. The zero-order valence-corrected chi connectivity index (χ0v) is 35.9. The smallest absolute Gasteiger partial charge is 0.338 e. The fraction of sp³-hybridized carbons (Fsp3) is 0.511. The molecule has 0 amide bonds. The van der Waals surface area contributed by atoms with Gasteiger partial charge in [0.05, 0.1) is 77.2 Å². The lowest BCUT2D eigenvalue weighted by molar-refractivity contribution is -0.304. The molecular formula is C45H60N5O12+. The van der Waals surface area contributed by atoms with Crippen molar-refractivity contribution < 1.29 is 58.1 Å². The van der Waals surface area contributed by atoms with Crippen LogP contribution in [-0.4, -0.2) is 151 Å². The van der Waals surface area contributed by atoms with Crippen LogP contribution in [0.3, 0.4) is 0 Å². The molecule has 0 spiro atoms. The van der Waals surface area contributed by atoms with Crippen LogP contribution in [-0.2, 0) is 41.6 Å². The Bertz CT molecular complexity index is 2220. The molecule has 2 aliphatic heterocycles. The lowest BCUT2D eigenvalue weighted by Crippen LogP contribution is -2.59. The average Bonchev–Trinajstić information content (AvgIpc) is 3.75. The van der Waals surface area contributed by atoms with Crippen LogP contribution in [0.1, 0.15) is 43.7 Å². The number of carbonyl (C=O) groups excluding carboxylic acids is 1. The Morgan fingerprint density at radius 2 is 1.53 bits per heavy atom. The van der Waals surface area contributed by atoms with Gasteiger partial charge < -0.3 is 58.2 Å². The van der Waals surface area contributed by atoms with Gasteiger partial charge in [-0.2, -0.15) is 0 Å². The van der Waals surface area contributed by atoms with Gasteiger partial charge in [0, 0.05) is 47.4 Å². The predicted octanol–water partition coefficient (Wildman–Crippen LogP) is 2.68. The second-order valence-corrected chi connectivity index (χ2v) is 14.7. The number of hydrogen-bond donors (Lipinski definition) is 4. The van der Waals surface area contributed by atoms with Crippen LogP contribution < -0.4 is 14.8 Å². The number of hydrogen-bond acceptors (Lipinski definition) is 15. The minimum Gasteiger partial charge on any atom is -0.460 e. The fourth-order valence-corrected chi connectivity index (χ4v) is 7.47. The molecule has 0 radical (unpaired) electrons. The number of nitrogens with zero attached hydrogens (tertiary/aromatic N) is 5. The molecule has 1 aliphatic carbocycles. The van der Waals surface area contributed by atoms with Gasteiger partial charge in [0.2, 0.25) is 5.36 Å². The number of aliphatic hydroxyl groups is 4. The van der Waals surface area contributed by atoms with Crippen molar-refractivity contribution in [3.63, 3.8) is 0 Å². The first-order chi connectivity index (χ1) is 30.2. The molecule has 62 heavy (non-hydrogen) atoms. The topological polar surface area (TPSA) is 203 Å². The molecule has 0 unspecified atom stereocenters. The Morgan fingerprint density at radius 1 is 0.823 bits per heavy atom. The van der Waals surface area contributed by atoms with Gasteiger partial charge in [0.1, 0.15) is 61.1 Å². The lowest BCUT2D eigenvalue weighted by Gasteiger charge is -2.39. The third kappa shape index (κ3) is 11.4. The van der Waals surface area contributed by atoms with Crippen molar-refractivity contribution in [1.82, 2.24) is 19.6 Å². The van der Waals surface area contributed by atoms with E-state index in [1.165, 1.54) is 0 Å². The molecule has 1 saturated heterocycles. The summed E-state index contributed by atoms with van der Waals surface area (Å²) in [6.45, 7) is 13.8. The highest BCUT2D eigenvalue weighted by Crippen LogP contribution is 2.42. The molecule has 6 rings (SSSR count). The number of ether oxygens (including phenoxy) is 6. The summed E-state index contributed by atoms with van der Waals surface area (Å²) < 4.78 is 44.0. The molecule has 5 atom stereocenters. The molecule has 2 aromatic carbocycles. The fourth-order valence-electron chi connectivity index (χ4n) is 7.47. The first-order valence-corrected chi connectivity index (χ1v) is 21.3. The van der Waals surface area contributed by atoms with Crippen LogP contribution in [0.2, 0.25) is 0 Å². The van der Waals surface area contributed by atoms with Crippen molar-refractivity contribution in [2.45, 2.75) is 71.6 Å². The second kappa shape index (κ2) is 23.0. The largest absolute Gasteiger partial charge is 0.460 e. The molecule has 1 fully saturated rings. The van der Waals surface area contributed by atoms with E-state index in [0.29, 0.717) is 50.8 Å². The number of aromatic nitrogens is 3. The molecule has 0 bridgehead atoms. The standard InChI is InChI=1S/C45H60N5O12/c1-5-48(6-2)31-13-15-35-37(25-31)61-38-26-32(49(7-3)8-4)14-16-36(38)40(35)33-11-9-10-12-34(33)44(55)59-24-23-58-22-21-57-20-19-56-18-17-50-27-30(46-47-50)29-60-45-43(54)42(53)41(52)39(28-51)62-45/h9-16,25-27,39,41-43,45,51-54H,5-8,17-24,28-29H2,1-4H3/q+1/t39-,41+,42+,43-,45+/m1/s1. The molecule has 4 N–H and O–H groups in total. The van der Waals surface area contributed by atoms with Crippen molar-refractivity contribution >= 4 is 22.6 Å². The first-order valence-electron chi connectivity index (χ1n) is 21.3. The van der Waals surface area contributed by atoms with E-state index in [4.69, 9.17) is 32.8 Å². The summed E-state index contributed by atoms with van der Waals surface area (Å²) in [7, 11) is 0. The number of aliphatic hydroxyl groups excluding tert-OH is 4. The molecule has 17 heteroatoms. The van der Waals surface area contributed by atoms with Gasteiger partial charge in [-0.25, -0.2) is 14.1 Å². The number of anilines is 1. The van der Waals surface area contributed by atoms with E-state index < -0.39 is 43.3 Å². The quantitative estimate of drug-likeness (QED) is 0.0323. The van der Waals surface area contributed by atoms with E-state index in [1.54, 1.807) is 16.9 Å². The Balaban J connectivity index is 0.942. The maximum Gasteiger partial charge on any atom is 0.338 e. The summed E-state index contributed by atoms with van der Waals surface area (Å²) in [5.41, 5.74) is 5.29. The minimum absolute atomic E-state index is 0.0756. The van der Waals surface area contributed by atoms with Crippen LogP contribution >= 0.6 is 0 Å². The molecule has 3 aromatic rings. The van der Waals surface area contributed by atoms with Crippen molar-refractivity contribution in [3.05, 3.63) is 83.5 Å². The van der Waals surface area contributed by atoms with Gasteiger partial charge in [-0.05, 0) is 57.5 Å². The number of carbonyl (C=O) groups is 1. The van der Waals surface area contributed by atoms with Crippen LogP contribution in [0.5, 0.6) is 0 Å². The van der Waals surface area contributed by atoms with Crippen LogP contribution in [0, 0.1) is 0 Å². The first kappa shape index (κ1) is 46.7. The van der Waals surface area contributed by atoms with Gasteiger partial charge >= 0.3 is 5.97 Å². The third-order valence-corrected chi connectivity index (χ3v) is 10.9. The molecular weight excluding hydrogens is 803 g/mol. The summed E-state index contributed by atoms with van der Waals surface area (Å²) in [5, 5.41) is 49.3. The highest BCUT2D eigenvalue weighted by molar-refractivity contribution is 6.08. The van der Waals surface area contributed by atoms with E-state index in [-0.39, 0.29) is 19.8 Å². The highest BCUT2D eigenvalue weighted by atomic mass is 16.7. The van der Waals surface area contributed by atoms with Crippen molar-refractivity contribution in [2.75, 3.05) is 83.9 Å². The molecule has 17 nitrogen and oxygen atoms in total. The monoisotopic (exact) mass is 862 g/mol. The average molecular weight is 863 g/mol. The van der Waals surface area contributed by atoms with Gasteiger partial charge in [0.25, 0.3) is 0 Å². The maximum atomic E-state index is 13.6. The third-order valence-electron chi connectivity index (χ3n) is 10.9. The van der Waals surface area contributed by atoms with Crippen LogP contribution in [0.4, 0.5) is 5.69 Å². The zero-order chi connectivity index (χ0) is 44.0. The molecule has 0 saturated carbocycles. The van der Waals surface area contributed by atoms with Crippen molar-refractivity contribution in [1.29, 1.82) is 0 Å². The Labute approximate surface area is 361 Å². The number of esters is 1. The summed E-state index contributed by atoms with van der Waals surface area (Å²) in [4.78, 5) is 15.9. The van der Waals surface area contributed by atoms with Crippen molar-refractivity contribution in [3.8, 4) is 22.5 Å². The number of rotatable bonds is 23. The van der Waals surface area contributed by atoms with E-state index in [0.717, 1.165) is 70.6 Å². The summed E-state index contributed by atoms with van der Waals surface area (Å²) in [5.74, 6) is 0.297. The van der Waals surface area contributed by atoms with Crippen molar-refractivity contribution in [2.24, 2.45) is 0 Å². The highest BCUT2D eigenvalue weighted by Gasteiger charge is 2.44. The second-order valence-electron chi connectivity index (χ2n) is 14.7. The Morgan fingerprint density at radius 3 is 2.24 bits per heavy atom. The SMILES string of the molecule is CCN(CC)c1ccc2c(-c3ccccc3C(=O)OCCOCCOCCOCCn3cc(CO[C@H]4O[C@H](CO)[C@H](O)[C@H](O)[C@H]4O)nn3)c3ccc(=[N+](CC)CC)cc-3oc2c1. The van der Waals surface area contributed by atoms with Gasteiger partial charge in [0.15, 0.2) is 6.29 Å². The van der Waals surface area contributed by atoms with Gasteiger partial charge in [-0.3, -0.25) is 0 Å². The van der Waals surface area contributed by atoms with E-state index in [1.807, 2.05) is 18.2 Å². The normalized spacial score (nSPS) is 19.0. The summed E-state index contributed by atoms with van der Waals surface area (Å²) >= 11 is 0. The van der Waals surface area contributed by atoms with Gasteiger partial charge in [-0.15, -0.1) is 5.10 Å². The van der Waals surface area contributed by atoms with E-state index >= 15 is 0 Å². The zero-order valence-electron chi connectivity index (χ0n) is 35.9. The molecule has 1 aromatic heterocycles. The lowest BCUT2D eigenvalue weighted by atomic mass is 9.90. The molecule has 336 valence electrons. The van der Waals surface area contributed by atoms with E-state index in [9.17, 15) is 25.2 Å². The van der Waals surface area contributed by atoms with Crippen LogP contribution in [0.25, 0.3) is 33.4 Å². The van der Waals surface area contributed by atoms with E-state index in [2.05, 4.69) is 83.9 Å². The van der Waals surface area contributed by atoms with Gasteiger partial charge in [-0.1, -0.05) is 23.4 Å². The maximum absolute atomic E-state index is 13.6. The molecule has 3 aliphatic rings. The summed E-state index contributed by atoms with van der Waals surface area (Å²) in [6, 6.07) is 20.1.